The van der Waals surface area contributed by atoms with E-state index >= 15 is 0 Å². The number of phenols is 1. The van der Waals surface area contributed by atoms with Gasteiger partial charge in [0.1, 0.15) is 5.75 Å². The smallest absolute Gasteiger partial charge is 0.228 e. The van der Waals surface area contributed by atoms with Crippen molar-refractivity contribution in [2.45, 2.75) is 20.4 Å². The van der Waals surface area contributed by atoms with Crippen molar-refractivity contribution in [2.24, 2.45) is 0 Å². The third kappa shape index (κ3) is 3.59. The Hall–Kier alpha value is -2.34. The molecule has 128 valence electrons. The molecule has 0 atom stereocenters. The second kappa shape index (κ2) is 7.05. The highest BCUT2D eigenvalue weighted by atomic mass is 16.5. The number of aromatic hydroxyl groups is 1. The third-order valence-corrected chi connectivity index (χ3v) is 4.57. The average molecular weight is 328 g/mol. The minimum absolute atomic E-state index is 0.386. The van der Waals surface area contributed by atoms with Gasteiger partial charge in [0.05, 0.1) is 7.11 Å². The van der Waals surface area contributed by atoms with Crippen molar-refractivity contribution in [1.29, 1.82) is 0 Å². The van der Waals surface area contributed by atoms with Crippen molar-refractivity contribution in [3.8, 4) is 11.6 Å². The number of rotatable bonds is 4. The van der Waals surface area contributed by atoms with Gasteiger partial charge in [0.25, 0.3) is 0 Å². The second-order valence-electron chi connectivity index (χ2n) is 6.23. The molecule has 0 bridgehead atoms. The molecule has 1 fully saturated rings. The highest BCUT2D eigenvalue weighted by Crippen LogP contribution is 2.24. The molecule has 1 aromatic carbocycles. The quantitative estimate of drug-likeness (QED) is 0.928. The zero-order chi connectivity index (χ0) is 17.1. The summed E-state index contributed by atoms with van der Waals surface area (Å²) in [7, 11) is 1.61. The molecule has 0 radical (unpaired) electrons. The predicted octanol–water partition coefficient (Wildman–Crippen LogP) is 2.13. The lowest BCUT2D eigenvalue weighted by Gasteiger charge is -2.34. The topological polar surface area (TPSA) is 61.7 Å². The van der Waals surface area contributed by atoms with Gasteiger partial charge in [-0.1, -0.05) is 6.07 Å². The first kappa shape index (κ1) is 16.5. The summed E-state index contributed by atoms with van der Waals surface area (Å²) < 4.78 is 5.16. The lowest BCUT2D eigenvalue weighted by atomic mass is 10.0. The monoisotopic (exact) mass is 328 g/mol. The number of nitrogens with zero attached hydrogens (tertiary/aromatic N) is 4. The van der Waals surface area contributed by atoms with Gasteiger partial charge in [-0.25, -0.2) is 4.98 Å². The maximum atomic E-state index is 10.2. The van der Waals surface area contributed by atoms with Crippen molar-refractivity contribution in [3.05, 3.63) is 41.1 Å². The molecule has 24 heavy (non-hydrogen) atoms. The van der Waals surface area contributed by atoms with Gasteiger partial charge >= 0.3 is 0 Å². The van der Waals surface area contributed by atoms with Gasteiger partial charge in [0.15, 0.2) is 0 Å². The highest BCUT2D eigenvalue weighted by molar-refractivity contribution is 5.41. The van der Waals surface area contributed by atoms with Crippen molar-refractivity contribution in [1.82, 2.24) is 14.9 Å². The minimum atomic E-state index is 0.386. The van der Waals surface area contributed by atoms with Crippen LogP contribution in [0.4, 0.5) is 5.95 Å². The Bertz CT molecular complexity index is 712. The molecule has 0 spiro atoms. The summed E-state index contributed by atoms with van der Waals surface area (Å²) in [6, 6.07) is 5.69. The zero-order valence-corrected chi connectivity index (χ0v) is 14.5. The number of piperazine rings is 1. The average Bonchev–Trinajstić information content (AvgIpc) is 2.60. The van der Waals surface area contributed by atoms with Crippen LogP contribution in [0.25, 0.3) is 0 Å². The van der Waals surface area contributed by atoms with Crippen LogP contribution in [0.3, 0.4) is 0 Å². The SMILES string of the molecule is COc1ccnc(N2CCN(Cc3cc(C)c(C)cc3O)CC2)n1. The fourth-order valence-electron chi connectivity index (χ4n) is 2.93. The summed E-state index contributed by atoms with van der Waals surface area (Å²) in [6.07, 6.45) is 1.72. The van der Waals surface area contributed by atoms with Crippen LogP contribution in [-0.4, -0.2) is 53.3 Å². The number of phenolic OH excluding ortho intramolecular Hbond substituents is 1. The standard InChI is InChI=1S/C18H24N4O2/c1-13-10-15(16(23)11-14(13)2)12-21-6-8-22(9-7-21)18-19-5-4-17(20-18)24-3/h4-5,10-11,23H,6-9,12H2,1-3H3. The Balaban J connectivity index is 1.62. The Morgan fingerprint density at radius 2 is 1.83 bits per heavy atom. The fourth-order valence-corrected chi connectivity index (χ4v) is 2.93. The van der Waals surface area contributed by atoms with E-state index in [1.54, 1.807) is 19.4 Å². The van der Waals surface area contributed by atoms with Crippen LogP contribution in [0.15, 0.2) is 24.4 Å². The maximum absolute atomic E-state index is 10.2. The lowest BCUT2D eigenvalue weighted by Crippen LogP contribution is -2.46. The molecule has 1 aromatic heterocycles. The number of ether oxygens (including phenoxy) is 1. The molecule has 1 saturated heterocycles. The number of aryl methyl sites for hydroxylation is 2. The first-order chi connectivity index (χ1) is 11.6. The van der Waals surface area contributed by atoms with Crippen LogP contribution >= 0.6 is 0 Å². The summed E-state index contributed by atoms with van der Waals surface area (Å²) >= 11 is 0. The summed E-state index contributed by atoms with van der Waals surface area (Å²) in [5, 5.41) is 10.2. The van der Waals surface area contributed by atoms with Crippen LogP contribution in [0.2, 0.25) is 0 Å². The Morgan fingerprint density at radius 1 is 1.12 bits per heavy atom. The van der Waals surface area contributed by atoms with E-state index in [1.165, 1.54) is 5.56 Å². The lowest BCUT2D eigenvalue weighted by molar-refractivity contribution is 0.245. The predicted molar refractivity (Wildman–Crippen MR) is 93.7 cm³/mol. The molecule has 3 rings (SSSR count). The van der Waals surface area contributed by atoms with Crippen LogP contribution < -0.4 is 9.64 Å². The number of hydrogen-bond acceptors (Lipinski definition) is 6. The second-order valence-corrected chi connectivity index (χ2v) is 6.23. The molecule has 0 saturated carbocycles. The number of methoxy groups -OCH3 is 1. The Morgan fingerprint density at radius 3 is 2.54 bits per heavy atom. The van der Waals surface area contributed by atoms with E-state index in [2.05, 4.69) is 32.8 Å². The molecule has 0 unspecified atom stereocenters. The van der Waals surface area contributed by atoms with E-state index in [4.69, 9.17) is 4.74 Å². The number of aromatic nitrogens is 2. The number of benzene rings is 1. The molecule has 0 amide bonds. The molecular formula is C18H24N4O2. The Labute approximate surface area is 142 Å². The van der Waals surface area contributed by atoms with E-state index in [-0.39, 0.29) is 0 Å². The van der Waals surface area contributed by atoms with Crippen LogP contribution in [0.1, 0.15) is 16.7 Å². The van der Waals surface area contributed by atoms with E-state index in [1.807, 2.05) is 13.0 Å². The first-order valence-electron chi connectivity index (χ1n) is 8.20. The molecule has 2 heterocycles. The van der Waals surface area contributed by atoms with Crippen molar-refractivity contribution in [3.63, 3.8) is 0 Å². The van der Waals surface area contributed by atoms with E-state index in [0.717, 1.165) is 43.9 Å². The van der Waals surface area contributed by atoms with Gasteiger partial charge in [-0.05, 0) is 31.0 Å². The minimum Gasteiger partial charge on any atom is -0.508 e. The first-order valence-corrected chi connectivity index (χ1v) is 8.20. The van der Waals surface area contributed by atoms with Crippen LogP contribution in [-0.2, 0) is 6.54 Å². The van der Waals surface area contributed by atoms with Crippen molar-refractivity contribution < 1.29 is 9.84 Å². The van der Waals surface area contributed by atoms with Gasteiger partial charge in [-0.3, -0.25) is 4.90 Å². The fraction of sp³-hybridized carbons (Fsp3) is 0.444. The maximum Gasteiger partial charge on any atom is 0.228 e. The van der Waals surface area contributed by atoms with Crippen molar-refractivity contribution in [2.75, 3.05) is 38.2 Å². The van der Waals surface area contributed by atoms with Gasteiger partial charge in [0.2, 0.25) is 11.8 Å². The van der Waals surface area contributed by atoms with E-state index < -0.39 is 0 Å². The molecule has 1 aliphatic heterocycles. The van der Waals surface area contributed by atoms with Crippen LogP contribution in [0, 0.1) is 13.8 Å². The van der Waals surface area contributed by atoms with Gasteiger partial charge in [0, 0.05) is 50.6 Å². The molecule has 2 aromatic rings. The molecule has 0 aliphatic carbocycles. The summed E-state index contributed by atoms with van der Waals surface area (Å²) in [5.41, 5.74) is 3.33. The number of anilines is 1. The summed E-state index contributed by atoms with van der Waals surface area (Å²) in [5.74, 6) is 1.68. The summed E-state index contributed by atoms with van der Waals surface area (Å²) in [4.78, 5) is 13.2. The third-order valence-electron chi connectivity index (χ3n) is 4.57. The van der Waals surface area contributed by atoms with E-state index in [0.29, 0.717) is 17.6 Å². The number of hydrogen-bond donors (Lipinski definition) is 1. The summed E-state index contributed by atoms with van der Waals surface area (Å²) in [6.45, 7) is 8.40. The molecule has 1 N–H and O–H groups in total. The van der Waals surface area contributed by atoms with Crippen LogP contribution in [0.5, 0.6) is 11.6 Å². The molecule has 6 nitrogen and oxygen atoms in total. The highest BCUT2D eigenvalue weighted by Gasteiger charge is 2.20. The van der Waals surface area contributed by atoms with Gasteiger partial charge in [-0.15, -0.1) is 0 Å². The molecule has 6 heteroatoms. The zero-order valence-electron chi connectivity index (χ0n) is 14.5. The molecular weight excluding hydrogens is 304 g/mol. The Kier molecular flexibility index (Phi) is 4.85. The largest absolute Gasteiger partial charge is 0.508 e. The molecule has 1 aliphatic rings. The van der Waals surface area contributed by atoms with Gasteiger partial charge < -0.3 is 14.7 Å². The van der Waals surface area contributed by atoms with Gasteiger partial charge in [-0.2, -0.15) is 4.98 Å². The normalized spacial score (nSPS) is 15.5. The van der Waals surface area contributed by atoms with E-state index in [9.17, 15) is 5.11 Å². The van der Waals surface area contributed by atoms with Crippen molar-refractivity contribution >= 4 is 5.95 Å².